The van der Waals surface area contributed by atoms with Crippen molar-refractivity contribution < 1.29 is 12.8 Å². The molecule has 0 spiro atoms. The number of nitrogens with one attached hydrogen (secondary N) is 1. The van der Waals surface area contributed by atoms with Gasteiger partial charge in [-0.15, -0.1) is 0 Å². The lowest BCUT2D eigenvalue weighted by Gasteiger charge is -2.20. The van der Waals surface area contributed by atoms with E-state index in [1.54, 1.807) is 18.3 Å². The van der Waals surface area contributed by atoms with Crippen LogP contribution in [0.4, 0.5) is 4.39 Å². The van der Waals surface area contributed by atoms with E-state index in [-0.39, 0.29) is 4.90 Å². The Bertz CT molecular complexity index is 881. The fourth-order valence-electron chi connectivity index (χ4n) is 3.94. The number of hydrogen-bond donors (Lipinski definition) is 1. The first kappa shape index (κ1) is 19.0. The van der Waals surface area contributed by atoms with Crippen LogP contribution >= 0.6 is 0 Å². The van der Waals surface area contributed by atoms with Crippen molar-refractivity contribution >= 4 is 9.84 Å². The summed E-state index contributed by atoms with van der Waals surface area (Å²) in [6.07, 6.45) is 6.24. The van der Waals surface area contributed by atoms with E-state index in [1.807, 2.05) is 19.9 Å². The van der Waals surface area contributed by atoms with Gasteiger partial charge >= 0.3 is 0 Å². The SMILES string of the molecule is CC.CS(=O)(=O)c1ccc(-c2cc(C3CC4CCC3N4)cnc2F)cc1. The Morgan fingerprint density at radius 2 is 1.85 bits per heavy atom. The lowest BCUT2D eigenvalue weighted by molar-refractivity contribution is 0.502. The Morgan fingerprint density at radius 1 is 1.15 bits per heavy atom. The lowest BCUT2D eigenvalue weighted by Crippen LogP contribution is -2.21. The van der Waals surface area contributed by atoms with Crippen molar-refractivity contribution in [2.45, 2.75) is 56.0 Å². The summed E-state index contributed by atoms with van der Waals surface area (Å²) in [6, 6.07) is 9.19. The predicted molar refractivity (Wildman–Crippen MR) is 101 cm³/mol. The molecule has 3 heterocycles. The van der Waals surface area contributed by atoms with Crippen LogP contribution in [0.15, 0.2) is 41.4 Å². The minimum atomic E-state index is -3.26. The highest BCUT2D eigenvalue weighted by Crippen LogP contribution is 2.40. The molecular weight excluding hydrogens is 351 g/mol. The fraction of sp³-hybridized carbons (Fsp3) is 0.450. The van der Waals surface area contributed by atoms with Gasteiger partial charge in [0.25, 0.3) is 0 Å². The van der Waals surface area contributed by atoms with Gasteiger partial charge in [0, 0.05) is 36.0 Å². The third-order valence-electron chi connectivity index (χ3n) is 5.18. The number of halogens is 1. The van der Waals surface area contributed by atoms with Crippen molar-refractivity contribution in [3.8, 4) is 11.1 Å². The van der Waals surface area contributed by atoms with Gasteiger partial charge in [0.05, 0.1) is 4.90 Å². The van der Waals surface area contributed by atoms with Crippen molar-refractivity contribution in [2.75, 3.05) is 6.26 Å². The van der Waals surface area contributed by atoms with Crippen molar-refractivity contribution in [1.29, 1.82) is 0 Å². The highest BCUT2D eigenvalue weighted by molar-refractivity contribution is 7.90. The molecule has 6 heteroatoms. The van der Waals surface area contributed by atoms with Crippen LogP contribution in [0.2, 0.25) is 0 Å². The normalized spacial score (nSPS) is 24.2. The van der Waals surface area contributed by atoms with Crippen LogP contribution < -0.4 is 5.32 Å². The van der Waals surface area contributed by atoms with Crippen LogP contribution in [0, 0.1) is 5.95 Å². The van der Waals surface area contributed by atoms with Gasteiger partial charge in [-0.25, -0.2) is 13.4 Å². The molecule has 0 saturated carbocycles. The van der Waals surface area contributed by atoms with Crippen molar-refractivity contribution in [3.05, 3.63) is 48.0 Å². The summed E-state index contributed by atoms with van der Waals surface area (Å²) < 4.78 is 37.3. The van der Waals surface area contributed by atoms with Crippen LogP contribution in [0.3, 0.4) is 0 Å². The van der Waals surface area contributed by atoms with Gasteiger partial charge < -0.3 is 5.32 Å². The van der Waals surface area contributed by atoms with Gasteiger partial charge in [0.1, 0.15) is 0 Å². The molecule has 0 radical (unpaired) electrons. The first-order valence-corrected chi connectivity index (χ1v) is 11.0. The summed E-state index contributed by atoms with van der Waals surface area (Å²) in [5.74, 6) is -0.145. The molecule has 2 saturated heterocycles. The predicted octanol–water partition coefficient (Wildman–Crippen LogP) is 3.93. The third-order valence-corrected chi connectivity index (χ3v) is 6.31. The molecule has 0 amide bonds. The zero-order chi connectivity index (χ0) is 18.9. The molecule has 4 nitrogen and oxygen atoms in total. The molecule has 26 heavy (non-hydrogen) atoms. The van der Waals surface area contributed by atoms with E-state index >= 15 is 0 Å². The molecule has 2 aliphatic rings. The number of benzene rings is 1. The number of hydrogen-bond acceptors (Lipinski definition) is 4. The first-order chi connectivity index (χ1) is 12.4. The Labute approximate surface area is 154 Å². The molecule has 2 fully saturated rings. The number of rotatable bonds is 3. The minimum absolute atomic E-state index is 0.230. The molecule has 4 rings (SSSR count). The minimum Gasteiger partial charge on any atom is -0.311 e. The quantitative estimate of drug-likeness (QED) is 0.825. The topological polar surface area (TPSA) is 59.1 Å². The standard InChI is InChI=1S/C18H19FN2O2S.C2H6/c1-24(22,23)14-5-2-11(3-6-14)16-8-12(10-20-18(16)19)15-9-13-4-7-17(15)21-13;1-2/h2-3,5-6,8,10,13,15,17,21H,4,7,9H2,1H3;1-2H3. The van der Waals surface area contributed by atoms with Crippen LogP contribution in [-0.4, -0.2) is 31.7 Å². The van der Waals surface area contributed by atoms with E-state index in [1.165, 1.54) is 18.6 Å². The Kier molecular flexibility index (Phi) is 5.44. The van der Waals surface area contributed by atoms with Gasteiger partial charge in [-0.1, -0.05) is 26.0 Å². The second-order valence-electron chi connectivity index (χ2n) is 6.79. The summed E-state index contributed by atoms with van der Waals surface area (Å²) in [5, 5.41) is 3.59. The van der Waals surface area contributed by atoms with Gasteiger partial charge in [-0.05, 0) is 48.6 Å². The maximum absolute atomic E-state index is 14.2. The number of fused-ring (bicyclic) bond motifs is 2. The summed E-state index contributed by atoms with van der Waals surface area (Å²) in [5.41, 5.74) is 2.12. The Balaban J connectivity index is 0.000000948. The van der Waals surface area contributed by atoms with Crippen LogP contribution in [0.1, 0.15) is 44.6 Å². The van der Waals surface area contributed by atoms with Gasteiger partial charge in [0.15, 0.2) is 9.84 Å². The number of nitrogens with zero attached hydrogens (tertiary/aromatic N) is 1. The summed E-state index contributed by atoms with van der Waals surface area (Å²) in [4.78, 5) is 4.17. The van der Waals surface area contributed by atoms with Gasteiger partial charge in [0.2, 0.25) is 5.95 Å². The van der Waals surface area contributed by atoms with E-state index in [0.717, 1.165) is 24.7 Å². The second kappa shape index (κ2) is 7.45. The molecule has 0 aliphatic carbocycles. The van der Waals surface area contributed by atoms with Gasteiger partial charge in [-0.3, -0.25) is 0 Å². The molecule has 2 aromatic rings. The lowest BCUT2D eigenvalue weighted by atomic mass is 9.84. The summed E-state index contributed by atoms with van der Waals surface area (Å²) in [6.45, 7) is 4.00. The largest absolute Gasteiger partial charge is 0.311 e. The van der Waals surface area contributed by atoms with Crippen molar-refractivity contribution in [3.63, 3.8) is 0 Å². The molecule has 3 unspecified atom stereocenters. The van der Waals surface area contributed by atoms with E-state index in [4.69, 9.17) is 0 Å². The molecule has 3 atom stereocenters. The molecule has 2 bridgehead atoms. The van der Waals surface area contributed by atoms with E-state index < -0.39 is 15.8 Å². The fourth-order valence-corrected chi connectivity index (χ4v) is 4.57. The van der Waals surface area contributed by atoms with Crippen molar-refractivity contribution in [1.82, 2.24) is 10.3 Å². The average Bonchev–Trinajstić information content (AvgIpc) is 3.27. The first-order valence-electron chi connectivity index (χ1n) is 9.14. The zero-order valence-corrected chi connectivity index (χ0v) is 16.2. The smallest absolute Gasteiger partial charge is 0.220 e. The highest BCUT2D eigenvalue weighted by Gasteiger charge is 2.40. The number of aromatic nitrogens is 1. The molecule has 140 valence electrons. The monoisotopic (exact) mass is 376 g/mol. The second-order valence-corrected chi connectivity index (χ2v) is 8.81. The summed E-state index contributed by atoms with van der Waals surface area (Å²) in [7, 11) is -3.26. The highest BCUT2D eigenvalue weighted by atomic mass is 32.2. The number of sulfone groups is 1. The van der Waals surface area contributed by atoms with Gasteiger partial charge in [-0.2, -0.15) is 4.39 Å². The molecule has 1 aromatic carbocycles. The maximum Gasteiger partial charge on any atom is 0.220 e. The number of pyridine rings is 1. The van der Waals surface area contributed by atoms with Crippen LogP contribution in [-0.2, 0) is 9.84 Å². The van der Waals surface area contributed by atoms with E-state index in [2.05, 4.69) is 10.3 Å². The molecule has 2 aliphatic heterocycles. The molecule has 1 N–H and O–H groups in total. The summed E-state index contributed by atoms with van der Waals surface area (Å²) >= 11 is 0. The van der Waals surface area contributed by atoms with E-state index in [0.29, 0.717) is 29.1 Å². The zero-order valence-electron chi connectivity index (χ0n) is 15.4. The average molecular weight is 376 g/mol. The Morgan fingerprint density at radius 3 is 2.38 bits per heavy atom. The van der Waals surface area contributed by atoms with E-state index in [9.17, 15) is 12.8 Å². The molecule has 1 aromatic heterocycles. The van der Waals surface area contributed by atoms with Crippen LogP contribution in [0.25, 0.3) is 11.1 Å². The van der Waals surface area contributed by atoms with Crippen LogP contribution in [0.5, 0.6) is 0 Å². The maximum atomic E-state index is 14.2. The van der Waals surface area contributed by atoms with Crippen molar-refractivity contribution in [2.24, 2.45) is 0 Å². The third kappa shape index (κ3) is 3.67. The molecular formula is C20H25FN2O2S. The Hall–Kier alpha value is -1.79.